The van der Waals surface area contributed by atoms with Crippen LogP contribution in [0.1, 0.15) is 11.1 Å². The fraction of sp³-hybridized carbons (Fsp3) is 0.133. The van der Waals surface area contributed by atoms with Gasteiger partial charge in [0.2, 0.25) is 0 Å². The largest absolute Gasteiger partial charge is 0.419 e. The molecule has 0 spiro atoms. The van der Waals surface area contributed by atoms with E-state index in [0.29, 0.717) is 12.1 Å². The zero-order chi connectivity index (χ0) is 18.1. The predicted octanol–water partition coefficient (Wildman–Crippen LogP) is 2.66. The predicted molar refractivity (Wildman–Crippen MR) is 82.0 cm³/mol. The second-order valence-corrected chi connectivity index (χ2v) is 5.15. The second-order valence-electron chi connectivity index (χ2n) is 4.76. The van der Waals surface area contributed by atoms with E-state index in [4.69, 9.17) is 12.2 Å². The molecule has 2 rings (SSSR count). The van der Waals surface area contributed by atoms with Crippen LogP contribution in [-0.2, 0) is 15.8 Å². The summed E-state index contributed by atoms with van der Waals surface area (Å²) in [7, 11) is 0. The van der Waals surface area contributed by atoms with Crippen molar-refractivity contribution in [1.82, 2.24) is 10.2 Å². The highest BCUT2D eigenvalue weighted by Gasteiger charge is 2.35. The lowest BCUT2D eigenvalue weighted by molar-refractivity contribution is -0.140. The molecule has 0 atom stereocenters. The Morgan fingerprint density at radius 1 is 1.29 bits per heavy atom. The van der Waals surface area contributed by atoms with Gasteiger partial charge in [-0.2, -0.15) is 13.2 Å². The first kappa shape index (κ1) is 17.8. The average molecular weight is 358 g/mol. The van der Waals surface area contributed by atoms with Crippen LogP contribution in [0.15, 0.2) is 36.4 Å². The van der Waals surface area contributed by atoms with Crippen molar-refractivity contribution < 1.29 is 27.2 Å². The number of thiocarbonyl (C=S) groups is 1. The van der Waals surface area contributed by atoms with Crippen LogP contribution in [0.3, 0.4) is 0 Å². The Balaban J connectivity index is 2.46. The molecule has 0 aromatic heterocycles. The number of benzene rings is 1. The minimum absolute atomic E-state index is 0.0203. The van der Waals surface area contributed by atoms with Gasteiger partial charge >= 0.3 is 6.18 Å². The smallest absolute Gasteiger partial charge is 0.298 e. The highest BCUT2D eigenvalue weighted by molar-refractivity contribution is 7.80. The Hall–Kier alpha value is -2.55. The summed E-state index contributed by atoms with van der Waals surface area (Å²) >= 11 is 4.85. The summed E-state index contributed by atoms with van der Waals surface area (Å²) in [5, 5.41) is 2.13. The molecule has 1 aromatic carbocycles. The lowest BCUT2D eigenvalue weighted by Crippen LogP contribution is -2.53. The van der Waals surface area contributed by atoms with Crippen molar-refractivity contribution in [2.24, 2.45) is 0 Å². The molecule has 2 amide bonds. The first-order chi connectivity index (χ1) is 11.1. The molecule has 1 N–H and O–H groups in total. The van der Waals surface area contributed by atoms with Gasteiger partial charge in [0.15, 0.2) is 5.11 Å². The maximum Gasteiger partial charge on any atom is 0.419 e. The third kappa shape index (κ3) is 3.51. The lowest BCUT2D eigenvalue weighted by atomic mass is 10.0. The molecule has 126 valence electrons. The molecule has 1 aliphatic rings. The third-order valence-electron chi connectivity index (χ3n) is 3.10. The number of rotatable bonds is 3. The quantitative estimate of drug-likeness (QED) is 0.297. The van der Waals surface area contributed by atoms with Crippen molar-refractivity contribution in [3.8, 4) is 0 Å². The molecule has 1 heterocycles. The van der Waals surface area contributed by atoms with Gasteiger partial charge in [-0.05, 0) is 36.0 Å². The standard InChI is InChI=1S/C15H10F4N2O2S/c1-2-5-21-13(23)9(12(22)20-14(21)24)6-8-3-4-11(16)10(7-8)15(17,18)19/h2-4,6-7H,1,5H2,(H,20,22,24)/b9-6+. The Kier molecular flexibility index (Phi) is 4.83. The minimum Gasteiger partial charge on any atom is -0.298 e. The van der Waals surface area contributed by atoms with Crippen LogP contribution in [0.2, 0.25) is 0 Å². The van der Waals surface area contributed by atoms with Crippen LogP contribution in [0.5, 0.6) is 0 Å². The number of halogens is 4. The van der Waals surface area contributed by atoms with E-state index in [1.807, 2.05) is 0 Å². The fourth-order valence-electron chi connectivity index (χ4n) is 2.01. The van der Waals surface area contributed by atoms with Gasteiger partial charge in [-0.25, -0.2) is 4.39 Å². The Bertz CT molecular complexity index is 771. The summed E-state index contributed by atoms with van der Waals surface area (Å²) in [6.45, 7) is 3.47. The molecule has 1 saturated heterocycles. The van der Waals surface area contributed by atoms with Gasteiger partial charge in [0.25, 0.3) is 11.8 Å². The van der Waals surface area contributed by atoms with E-state index in [-0.39, 0.29) is 17.2 Å². The second kappa shape index (κ2) is 6.52. The number of nitrogens with one attached hydrogen (secondary N) is 1. The fourth-order valence-corrected chi connectivity index (χ4v) is 2.26. The topological polar surface area (TPSA) is 49.4 Å². The van der Waals surface area contributed by atoms with E-state index < -0.39 is 34.9 Å². The van der Waals surface area contributed by atoms with Crippen molar-refractivity contribution in [3.05, 3.63) is 53.4 Å². The molecule has 0 radical (unpaired) electrons. The van der Waals surface area contributed by atoms with Gasteiger partial charge < -0.3 is 0 Å². The highest BCUT2D eigenvalue weighted by atomic mass is 32.1. The highest BCUT2D eigenvalue weighted by Crippen LogP contribution is 2.32. The van der Waals surface area contributed by atoms with Crippen molar-refractivity contribution in [1.29, 1.82) is 0 Å². The van der Waals surface area contributed by atoms with Gasteiger partial charge in [-0.15, -0.1) is 6.58 Å². The third-order valence-corrected chi connectivity index (χ3v) is 3.43. The van der Waals surface area contributed by atoms with Gasteiger partial charge in [0.05, 0.1) is 5.56 Å². The summed E-state index contributed by atoms with van der Waals surface area (Å²) in [6.07, 6.45) is -2.57. The summed E-state index contributed by atoms with van der Waals surface area (Å²) in [6, 6.07) is 2.17. The number of amides is 2. The van der Waals surface area contributed by atoms with Gasteiger partial charge in [-0.1, -0.05) is 12.1 Å². The first-order valence-electron chi connectivity index (χ1n) is 6.51. The van der Waals surface area contributed by atoms with Crippen LogP contribution < -0.4 is 5.32 Å². The molecule has 9 heteroatoms. The number of carbonyl (C=O) groups excluding carboxylic acids is 2. The van der Waals surface area contributed by atoms with Crippen LogP contribution in [-0.4, -0.2) is 28.4 Å². The molecule has 0 aliphatic carbocycles. The molecular weight excluding hydrogens is 348 g/mol. The number of hydrogen-bond donors (Lipinski definition) is 1. The Morgan fingerprint density at radius 2 is 1.96 bits per heavy atom. The van der Waals surface area contributed by atoms with Crippen LogP contribution in [0.25, 0.3) is 6.08 Å². The van der Waals surface area contributed by atoms with Crippen molar-refractivity contribution in [2.75, 3.05) is 6.54 Å². The minimum atomic E-state index is -4.89. The van der Waals surface area contributed by atoms with E-state index in [1.54, 1.807) is 0 Å². The van der Waals surface area contributed by atoms with E-state index in [1.165, 1.54) is 6.08 Å². The monoisotopic (exact) mass is 358 g/mol. The van der Waals surface area contributed by atoms with Crippen LogP contribution in [0, 0.1) is 5.82 Å². The summed E-state index contributed by atoms with van der Waals surface area (Å²) in [5.74, 6) is -3.07. The van der Waals surface area contributed by atoms with E-state index >= 15 is 0 Å². The number of alkyl halides is 3. The molecule has 1 aliphatic heterocycles. The summed E-state index contributed by atoms with van der Waals surface area (Å²) < 4.78 is 51.5. The molecule has 0 bridgehead atoms. The molecule has 0 saturated carbocycles. The van der Waals surface area contributed by atoms with Gasteiger partial charge in [-0.3, -0.25) is 19.8 Å². The maximum atomic E-state index is 13.3. The number of nitrogens with zero attached hydrogens (tertiary/aromatic N) is 1. The van der Waals surface area contributed by atoms with Gasteiger partial charge in [0.1, 0.15) is 11.4 Å². The van der Waals surface area contributed by atoms with Crippen molar-refractivity contribution in [2.45, 2.75) is 6.18 Å². The van der Waals surface area contributed by atoms with Crippen LogP contribution >= 0.6 is 12.2 Å². The van der Waals surface area contributed by atoms with Crippen LogP contribution in [0.4, 0.5) is 17.6 Å². The van der Waals surface area contributed by atoms with Gasteiger partial charge in [0, 0.05) is 6.54 Å². The van der Waals surface area contributed by atoms with E-state index in [0.717, 1.165) is 17.0 Å². The molecule has 4 nitrogen and oxygen atoms in total. The lowest BCUT2D eigenvalue weighted by Gasteiger charge is -2.27. The molecule has 24 heavy (non-hydrogen) atoms. The zero-order valence-corrected chi connectivity index (χ0v) is 12.8. The molecule has 0 unspecified atom stereocenters. The molecular formula is C15H10F4N2O2S. The zero-order valence-electron chi connectivity index (χ0n) is 12.0. The Morgan fingerprint density at radius 3 is 2.54 bits per heavy atom. The number of carbonyl (C=O) groups is 2. The summed E-state index contributed by atoms with van der Waals surface area (Å²) in [5.41, 5.74) is -2.04. The van der Waals surface area contributed by atoms with Crippen molar-refractivity contribution in [3.63, 3.8) is 0 Å². The van der Waals surface area contributed by atoms with E-state index in [2.05, 4.69) is 11.9 Å². The first-order valence-corrected chi connectivity index (χ1v) is 6.92. The average Bonchev–Trinajstić information content (AvgIpc) is 2.48. The van der Waals surface area contributed by atoms with E-state index in [9.17, 15) is 27.2 Å². The summed E-state index contributed by atoms with van der Waals surface area (Å²) in [4.78, 5) is 25.2. The SMILES string of the molecule is C=CCN1C(=O)/C(=C/c2ccc(F)c(C(F)(F)F)c2)C(=O)NC1=S. The maximum absolute atomic E-state index is 13.3. The van der Waals surface area contributed by atoms with Crippen molar-refractivity contribution >= 4 is 35.2 Å². The normalized spacial score (nSPS) is 17.2. The molecule has 1 fully saturated rings. The number of hydrogen-bond acceptors (Lipinski definition) is 3. The Labute approximate surface area is 139 Å². The molecule has 1 aromatic rings.